The minimum Gasteiger partial charge on any atom is -0.392 e. The Morgan fingerprint density at radius 3 is 2.00 bits per heavy atom. The molecule has 0 heterocycles. The van der Waals surface area contributed by atoms with E-state index >= 15 is 0 Å². The highest BCUT2D eigenvalue weighted by molar-refractivity contribution is 5.77. The van der Waals surface area contributed by atoms with E-state index in [9.17, 15) is 0 Å². The highest BCUT2D eigenvalue weighted by Gasteiger charge is 2.01. The van der Waals surface area contributed by atoms with Gasteiger partial charge in [-0.05, 0) is 22.3 Å². The quantitative estimate of drug-likeness (QED) is 0.824. The van der Waals surface area contributed by atoms with Gasteiger partial charge in [0.25, 0.3) is 0 Å². The molecule has 0 atom stereocenters. The second kappa shape index (κ2) is 4.77. The Morgan fingerprint density at radius 1 is 0.875 bits per heavy atom. The number of aliphatic hydroxyl groups is 1. The van der Waals surface area contributed by atoms with E-state index in [1.54, 1.807) is 0 Å². The lowest BCUT2D eigenvalue weighted by atomic mass is 9.99. The summed E-state index contributed by atoms with van der Waals surface area (Å²) in [5.74, 6) is 0. The van der Waals surface area contributed by atoms with Gasteiger partial charge in [-0.3, -0.25) is 0 Å². The molecule has 0 unspecified atom stereocenters. The van der Waals surface area contributed by atoms with E-state index in [0.717, 1.165) is 22.3 Å². The van der Waals surface area contributed by atoms with Crippen molar-refractivity contribution in [2.75, 3.05) is 0 Å². The summed E-state index contributed by atoms with van der Waals surface area (Å²) in [7, 11) is 0. The van der Waals surface area contributed by atoms with Gasteiger partial charge in [-0.2, -0.15) is 0 Å². The molecule has 80 valence electrons. The fourth-order valence-corrected chi connectivity index (χ4v) is 1.62. The van der Waals surface area contributed by atoms with Gasteiger partial charge in [-0.25, -0.2) is 0 Å². The van der Waals surface area contributed by atoms with Crippen LogP contribution in [0, 0.1) is 0 Å². The van der Waals surface area contributed by atoms with Gasteiger partial charge in [0.15, 0.2) is 0 Å². The maximum absolute atomic E-state index is 8.96. The average Bonchev–Trinajstić information content (AvgIpc) is 2.39. The molecule has 0 spiro atoms. The Bertz CT molecular complexity index is 469. The molecule has 2 rings (SSSR count). The first kappa shape index (κ1) is 10.7. The minimum absolute atomic E-state index is 0.0814. The zero-order valence-corrected chi connectivity index (χ0v) is 9.06. The van der Waals surface area contributed by atoms with Crippen molar-refractivity contribution in [2.45, 2.75) is 6.61 Å². The van der Waals surface area contributed by atoms with Crippen molar-refractivity contribution in [1.29, 1.82) is 0 Å². The number of hydrogen-bond acceptors (Lipinski definition) is 1. The van der Waals surface area contributed by atoms with Crippen molar-refractivity contribution in [3.63, 3.8) is 0 Å². The minimum atomic E-state index is 0.0814. The molecule has 0 radical (unpaired) electrons. The first-order valence-electron chi connectivity index (χ1n) is 5.26. The van der Waals surface area contributed by atoms with E-state index in [1.807, 2.05) is 54.6 Å². The smallest absolute Gasteiger partial charge is 0.0681 e. The van der Waals surface area contributed by atoms with Gasteiger partial charge >= 0.3 is 0 Å². The molecule has 2 aromatic rings. The van der Waals surface area contributed by atoms with Gasteiger partial charge in [-0.1, -0.05) is 61.2 Å². The summed E-state index contributed by atoms with van der Waals surface area (Å²) in [5, 5.41) is 8.96. The van der Waals surface area contributed by atoms with Crippen LogP contribution in [0.2, 0.25) is 0 Å². The molecule has 0 saturated carbocycles. The largest absolute Gasteiger partial charge is 0.392 e. The molecular formula is C15H14O. The van der Waals surface area contributed by atoms with Gasteiger partial charge in [0.05, 0.1) is 6.61 Å². The van der Waals surface area contributed by atoms with Gasteiger partial charge in [-0.15, -0.1) is 0 Å². The number of aliphatic hydroxyl groups excluding tert-OH is 1. The molecule has 0 aromatic heterocycles. The molecular weight excluding hydrogens is 196 g/mol. The summed E-state index contributed by atoms with van der Waals surface area (Å²) in [5.41, 5.74) is 4.14. The SMILES string of the molecule is C=C(c1ccccc1)c1ccc(CO)cc1. The molecule has 0 aliphatic rings. The summed E-state index contributed by atoms with van der Waals surface area (Å²) in [6.45, 7) is 4.17. The molecule has 1 N–H and O–H groups in total. The Balaban J connectivity index is 2.28. The Morgan fingerprint density at radius 2 is 1.44 bits per heavy atom. The number of rotatable bonds is 3. The molecule has 16 heavy (non-hydrogen) atoms. The van der Waals surface area contributed by atoms with E-state index in [1.165, 1.54) is 0 Å². The molecule has 1 nitrogen and oxygen atoms in total. The molecule has 0 aliphatic carbocycles. The number of benzene rings is 2. The predicted octanol–water partition coefficient (Wildman–Crippen LogP) is 3.24. The summed E-state index contributed by atoms with van der Waals surface area (Å²) < 4.78 is 0. The van der Waals surface area contributed by atoms with Crippen LogP contribution < -0.4 is 0 Å². The van der Waals surface area contributed by atoms with Crippen molar-refractivity contribution in [2.24, 2.45) is 0 Å². The van der Waals surface area contributed by atoms with Crippen molar-refractivity contribution < 1.29 is 5.11 Å². The molecule has 1 heteroatoms. The van der Waals surface area contributed by atoms with Crippen LogP contribution >= 0.6 is 0 Å². The van der Waals surface area contributed by atoms with Gasteiger partial charge in [0, 0.05) is 0 Å². The summed E-state index contributed by atoms with van der Waals surface area (Å²) >= 11 is 0. The van der Waals surface area contributed by atoms with E-state index in [2.05, 4.69) is 6.58 Å². The van der Waals surface area contributed by atoms with Crippen LogP contribution in [-0.2, 0) is 6.61 Å². The van der Waals surface area contributed by atoms with Crippen LogP contribution in [0.3, 0.4) is 0 Å². The lowest BCUT2D eigenvalue weighted by Gasteiger charge is -2.06. The number of hydrogen-bond donors (Lipinski definition) is 1. The third kappa shape index (κ3) is 2.20. The highest BCUT2D eigenvalue weighted by atomic mass is 16.3. The lowest BCUT2D eigenvalue weighted by Crippen LogP contribution is -1.87. The van der Waals surface area contributed by atoms with Gasteiger partial charge in [0.1, 0.15) is 0 Å². The van der Waals surface area contributed by atoms with E-state index in [0.29, 0.717) is 0 Å². The van der Waals surface area contributed by atoms with Crippen molar-refractivity contribution >= 4 is 5.57 Å². The molecule has 0 fully saturated rings. The Kier molecular flexibility index (Phi) is 3.18. The molecule has 0 amide bonds. The summed E-state index contributed by atoms with van der Waals surface area (Å²) in [6, 6.07) is 17.9. The monoisotopic (exact) mass is 210 g/mol. The highest BCUT2D eigenvalue weighted by Crippen LogP contribution is 2.21. The standard InChI is InChI=1S/C15H14O/c1-12(14-5-3-2-4-6-14)15-9-7-13(11-16)8-10-15/h2-10,16H,1,11H2. The van der Waals surface area contributed by atoms with Crippen LogP contribution in [0.4, 0.5) is 0 Å². The van der Waals surface area contributed by atoms with E-state index in [4.69, 9.17) is 5.11 Å². The topological polar surface area (TPSA) is 20.2 Å². The van der Waals surface area contributed by atoms with Crippen molar-refractivity contribution in [1.82, 2.24) is 0 Å². The molecule has 2 aromatic carbocycles. The van der Waals surface area contributed by atoms with Gasteiger partial charge in [0.2, 0.25) is 0 Å². The Hall–Kier alpha value is -1.86. The van der Waals surface area contributed by atoms with Gasteiger partial charge < -0.3 is 5.11 Å². The van der Waals surface area contributed by atoms with Crippen molar-refractivity contribution in [3.05, 3.63) is 77.9 Å². The zero-order valence-electron chi connectivity index (χ0n) is 9.06. The molecule has 0 saturated heterocycles. The van der Waals surface area contributed by atoms with Crippen LogP contribution in [-0.4, -0.2) is 5.11 Å². The van der Waals surface area contributed by atoms with Crippen LogP contribution in [0.25, 0.3) is 5.57 Å². The zero-order chi connectivity index (χ0) is 11.4. The summed E-state index contributed by atoms with van der Waals surface area (Å²) in [6.07, 6.45) is 0. The normalized spacial score (nSPS) is 10.1. The first-order chi connectivity index (χ1) is 7.81. The van der Waals surface area contributed by atoms with Crippen LogP contribution in [0.1, 0.15) is 16.7 Å². The summed E-state index contributed by atoms with van der Waals surface area (Å²) in [4.78, 5) is 0. The second-order valence-electron chi connectivity index (χ2n) is 3.70. The molecule has 0 aliphatic heterocycles. The third-order valence-corrected chi connectivity index (χ3v) is 2.61. The van der Waals surface area contributed by atoms with E-state index in [-0.39, 0.29) is 6.61 Å². The maximum atomic E-state index is 8.96. The second-order valence-corrected chi connectivity index (χ2v) is 3.70. The van der Waals surface area contributed by atoms with Crippen LogP contribution in [0.15, 0.2) is 61.2 Å². The fraction of sp³-hybridized carbons (Fsp3) is 0.0667. The van der Waals surface area contributed by atoms with Crippen molar-refractivity contribution in [3.8, 4) is 0 Å². The molecule has 0 bridgehead atoms. The van der Waals surface area contributed by atoms with Crippen LogP contribution in [0.5, 0.6) is 0 Å². The van der Waals surface area contributed by atoms with E-state index < -0.39 is 0 Å². The first-order valence-corrected chi connectivity index (χ1v) is 5.26. The lowest BCUT2D eigenvalue weighted by molar-refractivity contribution is 0.282. The Labute approximate surface area is 95.7 Å². The fourth-order valence-electron chi connectivity index (χ4n) is 1.62. The predicted molar refractivity (Wildman–Crippen MR) is 66.9 cm³/mol. The third-order valence-electron chi connectivity index (χ3n) is 2.61. The average molecular weight is 210 g/mol. The maximum Gasteiger partial charge on any atom is 0.0681 e.